The summed E-state index contributed by atoms with van der Waals surface area (Å²) in [6.07, 6.45) is 5.33. The minimum atomic E-state index is 0. The Morgan fingerprint density at radius 2 is 2.07 bits per heavy atom. The van der Waals surface area contributed by atoms with Gasteiger partial charge in [-0.1, -0.05) is 42.0 Å². The van der Waals surface area contributed by atoms with Crippen molar-refractivity contribution in [3.8, 4) is 0 Å². The van der Waals surface area contributed by atoms with E-state index in [-0.39, 0.29) is 30.1 Å². The van der Waals surface area contributed by atoms with Gasteiger partial charge in [-0.15, -0.1) is 24.0 Å². The third kappa shape index (κ3) is 10.1. The molecule has 0 spiro atoms. The lowest BCUT2D eigenvalue weighted by Gasteiger charge is -2.15. The quantitative estimate of drug-likeness (QED) is 0.172. The van der Waals surface area contributed by atoms with Gasteiger partial charge in [-0.3, -0.25) is 4.99 Å². The first kappa shape index (κ1) is 23.9. The van der Waals surface area contributed by atoms with E-state index >= 15 is 0 Å². The van der Waals surface area contributed by atoms with Gasteiger partial charge in [-0.05, 0) is 38.7 Å². The second-order valence-corrected chi connectivity index (χ2v) is 6.40. The SMILES string of the molecule is CCNC(=NCCCOC(C)c1ccccc1)NCCC1=CCOCC1.I. The number of benzene rings is 1. The van der Waals surface area contributed by atoms with Gasteiger partial charge in [0.15, 0.2) is 5.96 Å². The molecule has 6 heteroatoms. The minimum absolute atomic E-state index is 0. The lowest BCUT2D eigenvalue weighted by molar-refractivity contribution is 0.0652. The van der Waals surface area contributed by atoms with Gasteiger partial charge in [0.1, 0.15) is 0 Å². The molecule has 0 amide bonds. The van der Waals surface area contributed by atoms with Crippen molar-refractivity contribution in [3.63, 3.8) is 0 Å². The summed E-state index contributed by atoms with van der Waals surface area (Å²) in [6.45, 7) is 9.02. The predicted octanol–water partition coefficient (Wildman–Crippen LogP) is 4.06. The van der Waals surface area contributed by atoms with Crippen LogP contribution >= 0.6 is 24.0 Å². The van der Waals surface area contributed by atoms with E-state index in [0.717, 1.165) is 58.1 Å². The molecule has 1 aromatic carbocycles. The molecule has 0 bridgehead atoms. The van der Waals surface area contributed by atoms with Crippen molar-refractivity contribution in [2.24, 2.45) is 4.99 Å². The molecule has 1 unspecified atom stereocenters. The fraction of sp³-hybridized carbons (Fsp3) is 0.571. The number of ether oxygens (including phenoxy) is 2. The highest BCUT2D eigenvalue weighted by Gasteiger charge is 2.05. The fourth-order valence-corrected chi connectivity index (χ4v) is 2.81. The number of aliphatic imine (C=N–C) groups is 1. The molecule has 1 heterocycles. The molecule has 1 aliphatic rings. The highest BCUT2D eigenvalue weighted by atomic mass is 127. The molecular weight excluding hydrogens is 453 g/mol. The third-order valence-electron chi connectivity index (χ3n) is 4.35. The monoisotopic (exact) mass is 487 g/mol. The van der Waals surface area contributed by atoms with Gasteiger partial charge in [0.05, 0.1) is 19.3 Å². The maximum Gasteiger partial charge on any atom is 0.191 e. The third-order valence-corrected chi connectivity index (χ3v) is 4.35. The summed E-state index contributed by atoms with van der Waals surface area (Å²) in [6, 6.07) is 10.3. The molecule has 2 N–H and O–H groups in total. The van der Waals surface area contributed by atoms with Gasteiger partial charge in [0.2, 0.25) is 0 Å². The summed E-state index contributed by atoms with van der Waals surface area (Å²) in [5, 5.41) is 6.71. The van der Waals surface area contributed by atoms with E-state index in [1.165, 1.54) is 11.1 Å². The smallest absolute Gasteiger partial charge is 0.191 e. The zero-order chi connectivity index (χ0) is 18.5. The van der Waals surface area contributed by atoms with E-state index in [0.29, 0.717) is 6.61 Å². The molecule has 0 aliphatic carbocycles. The molecule has 0 radical (unpaired) electrons. The molecule has 0 aromatic heterocycles. The number of halogens is 1. The van der Waals surface area contributed by atoms with Crippen LogP contribution in [0, 0.1) is 0 Å². The number of hydrogen-bond acceptors (Lipinski definition) is 3. The van der Waals surface area contributed by atoms with E-state index in [4.69, 9.17) is 9.47 Å². The molecule has 0 fully saturated rings. The molecule has 5 nitrogen and oxygen atoms in total. The van der Waals surface area contributed by atoms with Gasteiger partial charge in [0.25, 0.3) is 0 Å². The Morgan fingerprint density at radius 3 is 2.78 bits per heavy atom. The van der Waals surface area contributed by atoms with Crippen molar-refractivity contribution in [1.82, 2.24) is 10.6 Å². The summed E-state index contributed by atoms with van der Waals surface area (Å²) in [5.74, 6) is 0.885. The summed E-state index contributed by atoms with van der Waals surface area (Å²) in [7, 11) is 0. The molecule has 27 heavy (non-hydrogen) atoms. The molecule has 0 saturated heterocycles. The first-order valence-corrected chi connectivity index (χ1v) is 9.74. The van der Waals surface area contributed by atoms with Gasteiger partial charge >= 0.3 is 0 Å². The number of rotatable bonds is 10. The normalized spacial score (nSPS) is 15.5. The van der Waals surface area contributed by atoms with Crippen LogP contribution < -0.4 is 10.6 Å². The Bertz CT molecular complexity index is 564. The van der Waals surface area contributed by atoms with E-state index in [1.54, 1.807) is 0 Å². The van der Waals surface area contributed by atoms with Crippen molar-refractivity contribution in [2.45, 2.75) is 39.2 Å². The van der Waals surface area contributed by atoms with Crippen LogP contribution in [0.15, 0.2) is 47.0 Å². The maximum absolute atomic E-state index is 5.90. The number of nitrogens with zero attached hydrogens (tertiary/aromatic N) is 1. The van der Waals surface area contributed by atoms with Crippen molar-refractivity contribution < 1.29 is 9.47 Å². The van der Waals surface area contributed by atoms with Crippen molar-refractivity contribution >= 4 is 29.9 Å². The number of hydrogen-bond donors (Lipinski definition) is 2. The van der Waals surface area contributed by atoms with Gasteiger partial charge in [0, 0.05) is 26.2 Å². The van der Waals surface area contributed by atoms with Crippen molar-refractivity contribution in [3.05, 3.63) is 47.5 Å². The average molecular weight is 487 g/mol. The lowest BCUT2D eigenvalue weighted by atomic mass is 10.1. The molecule has 0 saturated carbocycles. The van der Waals surface area contributed by atoms with Crippen LogP contribution in [-0.2, 0) is 9.47 Å². The van der Waals surface area contributed by atoms with E-state index < -0.39 is 0 Å². The number of guanidine groups is 1. The lowest BCUT2D eigenvalue weighted by Crippen LogP contribution is -2.38. The van der Waals surface area contributed by atoms with E-state index in [1.807, 2.05) is 18.2 Å². The highest BCUT2D eigenvalue weighted by molar-refractivity contribution is 14.0. The van der Waals surface area contributed by atoms with Crippen molar-refractivity contribution in [2.75, 3.05) is 39.5 Å². The fourth-order valence-electron chi connectivity index (χ4n) is 2.81. The largest absolute Gasteiger partial charge is 0.377 e. The summed E-state index contributed by atoms with van der Waals surface area (Å²) in [5.41, 5.74) is 2.69. The zero-order valence-corrected chi connectivity index (χ0v) is 18.9. The van der Waals surface area contributed by atoms with Crippen LogP contribution in [0.5, 0.6) is 0 Å². The summed E-state index contributed by atoms with van der Waals surface area (Å²) in [4.78, 5) is 4.64. The molecule has 1 atom stereocenters. The topological polar surface area (TPSA) is 54.9 Å². The Labute approximate surface area is 181 Å². The molecule has 152 valence electrons. The first-order valence-electron chi connectivity index (χ1n) is 9.74. The Balaban J connectivity index is 0.00000364. The zero-order valence-electron chi connectivity index (χ0n) is 16.6. The Kier molecular flexibility index (Phi) is 13.2. The van der Waals surface area contributed by atoms with Crippen LogP contribution in [0.3, 0.4) is 0 Å². The Morgan fingerprint density at radius 1 is 1.26 bits per heavy atom. The van der Waals surface area contributed by atoms with Crippen LogP contribution in [0.1, 0.15) is 44.8 Å². The van der Waals surface area contributed by atoms with E-state index in [9.17, 15) is 0 Å². The van der Waals surface area contributed by atoms with E-state index in [2.05, 4.69) is 47.7 Å². The standard InChI is InChI=1S/C21H33N3O2.HI/c1-3-22-21(24-14-10-19-11-16-25-17-12-19)23-13-7-15-26-18(2)20-8-5-4-6-9-20;/h4-6,8-9,11,18H,3,7,10,12-17H2,1-2H3,(H2,22,23,24);1H. The second-order valence-electron chi connectivity index (χ2n) is 6.40. The van der Waals surface area contributed by atoms with Crippen LogP contribution in [0.25, 0.3) is 0 Å². The number of nitrogens with one attached hydrogen (secondary N) is 2. The molecule has 1 aliphatic heterocycles. The van der Waals surface area contributed by atoms with Crippen LogP contribution in [-0.4, -0.2) is 45.4 Å². The van der Waals surface area contributed by atoms with Gasteiger partial charge < -0.3 is 20.1 Å². The first-order chi connectivity index (χ1) is 12.8. The van der Waals surface area contributed by atoms with Gasteiger partial charge in [-0.2, -0.15) is 0 Å². The summed E-state index contributed by atoms with van der Waals surface area (Å²) < 4.78 is 11.2. The molecule has 1 aromatic rings. The van der Waals surface area contributed by atoms with Crippen LogP contribution in [0.2, 0.25) is 0 Å². The van der Waals surface area contributed by atoms with Crippen molar-refractivity contribution in [1.29, 1.82) is 0 Å². The van der Waals surface area contributed by atoms with Gasteiger partial charge in [-0.25, -0.2) is 0 Å². The molecular formula is C21H34IN3O2. The average Bonchev–Trinajstić information content (AvgIpc) is 2.69. The highest BCUT2D eigenvalue weighted by Crippen LogP contribution is 2.15. The predicted molar refractivity (Wildman–Crippen MR) is 123 cm³/mol. The molecule has 2 rings (SSSR count). The minimum Gasteiger partial charge on any atom is -0.377 e. The van der Waals surface area contributed by atoms with Crippen LogP contribution in [0.4, 0.5) is 0 Å². The Hall–Kier alpha value is -1.12. The second kappa shape index (κ2) is 14.9. The maximum atomic E-state index is 5.90. The summed E-state index contributed by atoms with van der Waals surface area (Å²) >= 11 is 0.